The lowest BCUT2D eigenvalue weighted by Gasteiger charge is -2.08. The molecule has 1 aromatic carbocycles. The molecule has 0 unspecified atom stereocenters. The maximum absolute atomic E-state index is 12.2. The monoisotopic (exact) mass is 373 g/mol. The first-order valence-corrected chi connectivity index (χ1v) is 7.52. The molecule has 18 heavy (non-hydrogen) atoms. The first-order valence-electron chi connectivity index (χ1n) is 5.93. The van der Waals surface area contributed by atoms with Crippen molar-refractivity contribution in [3.05, 3.63) is 32.7 Å². The summed E-state index contributed by atoms with van der Waals surface area (Å²) in [5.74, 6) is -0.0133. The van der Waals surface area contributed by atoms with E-state index in [1.165, 1.54) is 0 Å². The largest absolute Gasteiger partial charge is 0.348 e. The van der Waals surface area contributed by atoms with Crippen LogP contribution in [-0.2, 0) is 0 Å². The van der Waals surface area contributed by atoms with Gasteiger partial charge in [0.1, 0.15) is 0 Å². The summed E-state index contributed by atoms with van der Waals surface area (Å²) in [5, 5.41) is 3.12. The fraction of sp³-hybridized carbons (Fsp3) is 0.500. The SMILES string of the molecule is CC1(C)C(NC(=O)c2cc(Br)cc(Br)c2)C1(C)C. The minimum Gasteiger partial charge on any atom is -0.348 e. The van der Waals surface area contributed by atoms with Gasteiger partial charge in [0.15, 0.2) is 0 Å². The van der Waals surface area contributed by atoms with E-state index in [2.05, 4.69) is 64.9 Å². The lowest BCUT2D eigenvalue weighted by molar-refractivity contribution is 0.0943. The van der Waals surface area contributed by atoms with E-state index in [9.17, 15) is 4.79 Å². The minimum absolute atomic E-state index is 0.0133. The van der Waals surface area contributed by atoms with Crippen molar-refractivity contribution in [2.45, 2.75) is 33.7 Å². The van der Waals surface area contributed by atoms with Crippen LogP contribution in [0.15, 0.2) is 27.1 Å². The predicted octanol–water partition coefficient (Wildman–Crippen LogP) is 4.38. The van der Waals surface area contributed by atoms with Crippen LogP contribution in [-0.4, -0.2) is 11.9 Å². The maximum Gasteiger partial charge on any atom is 0.251 e. The molecule has 0 heterocycles. The van der Waals surface area contributed by atoms with Gasteiger partial charge < -0.3 is 5.32 Å². The van der Waals surface area contributed by atoms with E-state index < -0.39 is 0 Å². The molecular weight excluding hydrogens is 358 g/mol. The van der Waals surface area contributed by atoms with E-state index in [1.54, 1.807) is 0 Å². The molecule has 98 valence electrons. The Morgan fingerprint density at radius 1 is 1.06 bits per heavy atom. The van der Waals surface area contributed by atoms with Gasteiger partial charge in [0.05, 0.1) is 0 Å². The van der Waals surface area contributed by atoms with Crippen LogP contribution in [0, 0.1) is 10.8 Å². The molecule has 4 heteroatoms. The van der Waals surface area contributed by atoms with Crippen molar-refractivity contribution < 1.29 is 4.79 Å². The van der Waals surface area contributed by atoms with Gasteiger partial charge >= 0.3 is 0 Å². The molecule has 1 aliphatic rings. The van der Waals surface area contributed by atoms with E-state index in [0.29, 0.717) is 5.56 Å². The van der Waals surface area contributed by atoms with Crippen molar-refractivity contribution in [2.75, 3.05) is 0 Å². The Bertz CT molecular complexity index is 474. The Morgan fingerprint density at radius 2 is 1.50 bits per heavy atom. The van der Waals surface area contributed by atoms with E-state index in [0.717, 1.165) is 8.95 Å². The molecule has 1 aliphatic carbocycles. The average molecular weight is 375 g/mol. The van der Waals surface area contributed by atoms with Crippen LogP contribution in [0.25, 0.3) is 0 Å². The Kier molecular flexibility index (Phi) is 3.39. The summed E-state index contributed by atoms with van der Waals surface area (Å²) in [6.07, 6.45) is 0. The normalized spacial score (nSPS) is 20.6. The zero-order valence-electron chi connectivity index (χ0n) is 11.0. The molecule has 0 spiro atoms. The van der Waals surface area contributed by atoms with E-state index in [4.69, 9.17) is 0 Å². The summed E-state index contributed by atoms with van der Waals surface area (Å²) >= 11 is 6.80. The molecule has 1 aromatic rings. The topological polar surface area (TPSA) is 29.1 Å². The maximum atomic E-state index is 12.2. The van der Waals surface area contributed by atoms with Crippen LogP contribution >= 0.6 is 31.9 Å². The van der Waals surface area contributed by atoms with Crippen molar-refractivity contribution in [1.82, 2.24) is 5.32 Å². The van der Waals surface area contributed by atoms with Crippen LogP contribution in [0.3, 0.4) is 0 Å². The van der Waals surface area contributed by atoms with Crippen molar-refractivity contribution >= 4 is 37.8 Å². The standard InChI is InChI=1S/C14H17Br2NO/c1-13(2)12(14(13,3)4)17-11(18)8-5-9(15)7-10(16)6-8/h5-7,12H,1-4H3,(H,17,18). The third-order valence-electron chi connectivity index (χ3n) is 4.42. The number of carbonyl (C=O) groups excluding carboxylic acids is 1. The molecule has 0 radical (unpaired) electrons. The van der Waals surface area contributed by atoms with Crippen LogP contribution in [0.5, 0.6) is 0 Å². The van der Waals surface area contributed by atoms with E-state index in [1.807, 2.05) is 18.2 Å². The van der Waals surface area contributed by atoms with Crippen LogP contribution in [0.2, 0.25) is 0 Å². The summed E-state index contributed by atoms with van der Waals surface area (Å²) in [4.78, 5) is 12.2. The van der Waals surface area contributed by atoms with Gasteiger partial charge in [0, 0.05) is 20.6 Å². The summed E-state index contributed by atoms with van der Waals surface area (Å²) in [6.45, 7) is 8.76. The molecular formula is C14H17Br2NO. The fourth-order valence-corrected chi connectivity index (χ4v) is 3.75. The average Bonchev–Trinajstić information content (AvgIpc) is 2.59. The predicted molar refractivity (Wildman–Crippen MR) is 80.7 cm³/mol. The van der Waals surface area contributed by atoms with Crippen molar-refractivity contribution in [3.63, 3.8) is 0 Å². The molecule has 0 saturated heterocycles. The van der Waals surface area contributed by atoms with Gasteiger partial charge in [-0.3, -0.25) is 4.79 Å². The Morgan fingerprint density at radius 3 is 1.89 bits per heavy atom. The molecule has 0 atom stereocenters. The number of nitrogens with one attached hydrogen (secondary N) is 1. The third kappa shape index (κ3) is 2.25. The molecule has 2 rings (SSSR count). The van der Waals surface area contributed by atoms with E-state index in [-0.39, 0.29) is 22.8 Å². The Labute approximate surface area is 125 Å². The Hall–Kier alpha value is -0.350. The number of hydrogen-bond donors (Lipinski definition) is 1. The number of rotatable bonds is 2. The molecule has 1 fully saturated rings. The highest BCUT2D eigenvalue weighted by Gasteiger charge is 2.65. The quantitative estimate of drug-likeness (QED) is 0.817. The summed E-state index contributed by atoms with van der Waals surface area (Å²) in [5.41, 5.74) is 0.993. The number of halogens is 2. The van der Waals surface area contributed by atoms with Crippen LogP contribution in [0.1, 0.15) is 38.1 Å². The highest BCUT2D eigenvalue weighted by atomic mass is 79.9. The fourth-order valence-electron chi connectivity index (χ4n) is 2.46. The Balaban J connectivity index is 2.15. The van der Waals surface area contributed by atoms with Gasteiger partial charge in [-0.05, 0) is 29.0 Å². The zero-order chi connectivity index (χ0) is 13.7. The summed E-state index contributed by atoms with van der Waals surface area (Å²) in [7, 11) is 0. The van der Waals surface area contributed by atoms with Crippen molar-refractivity contribution in [1.29, 1.82) is 0 Å². The van der Waals surface area contributed by atoms with Gasteiger partial charge in [-0.2, -0.15) is 0 Å². The van der Waals surface area contributed by atoms with E-state index >= 15 is 0 Å². The molecule has 1 saturated carbocycles. The second-order valence-corrected chi connectivity index (χ2v) is 7.84. The number of benzene rings is 1. The molecule has 2 nitrogen and oxygen atoms in total. The second kappa shape index (κ2) is 4.34. The molecule has 1 amide bonds. The summed E-state index contributed by atoms with van der Waals surface area (Å²) in [6, 6.07) is 5.82. The molecule has 0 aromatic heterocycles. The lowest BCUT2D eigenvalue weighted by atomic mass is 10.0. The molecule has 0 aliphatic heterocycles. The first-order chi connectivity index (χ1) is 8.16. The highest BCUT2D eigenvalue weighted by molar-refractivity contribution is 9.11. The minimum atomic E-state index is -0.0133. The van der Waals surface area contributed by atoms with Gasteiger partial charge in [-0.25, -0.2) is 0 Å². The van der Waals surface area contributed by atoms with Gasteiger partial charge in [0.25, 0.3) is 5.91 Å². The molecule has 1 N–H and O–H groups in total. The number of amides is 1. The highest BCUT2D eigenvalue weighted by Crippen LogP contribution is 2.62. The first kappa shape index (κ1) is 14.1. The zero-order valence-corrected chi connectivity index (χ0v) is 14.1. The lowest BCUT2D eigenvalue weighted by Crippen LogP contribution is -2.29. The number of hydrogen-bond acceptors (Lipinski definition) is 1. The van der Waals surface area contributed by atoms with Gasteiger partial charge in [0.2, 0.25) is 0 Å². The summed E-state index contributed by atoms with van der Waals surface area (Å²) < 4.78 is 1.80. The third-order valence-corrected chi connectivity index (χ3v) is 5.34. The molecule has 0 bridgehead atoms. The van der Waals surface area contributed by atoms with Gasteiger partial charge in [-0.15, -0.1) is 0 Å². The van der Waals surface area contributed by atoms with Crippen molar-refractivity contribution in [2.24, 2.45) is 10.8 Å². The second-order valence-electron chi connectivity index (χ2n) is 6.01. The number of carbonyl (C=O) groups is 1. The smallest absolute Gasteiger partial charge is 0.251 e. The van der Waals surface area contributed by atoms with Crippen LogP contribution in [0.4, 0.5) is 0 Å². The van der Waals surface area contributed by atoms with Crippen molar-refractivity contribution in [3.8, 4) is 0 Å². The van der Waals surface area contributed by atoms with Crippen LogP contribution < -0.4 is 5.32 Å². The van der Waals surface area contributed by atoms with Gasteiger partial charge in [-0.1, -0.05) is 59.6 Å².